The Bertz CT molecular complexity index is 847. The van der Waals surface area contributed by atoms with Gasteiger partial charge in [-0.25, -0.2) is 0 Å². The maximum atomic E-state index is 12.1. The number of carboxylic acid groups (broad SMARTS) is 1. The molecule has 0 amide bonds. The Hall–Kier alpha value is -2.94. The third-order valence-electron chi connectivity index (χ3n) is 4.55. The Kier molecular flexibility index (Phi) is 11.0. The Morgan fingerprint density at radius 2 is 1.33 bits per heavy atom. The lowest BCUT2D eigenvalue weighted by atomic mass is 10.0. The second-order valence-corrected chi connectivity index (χ2v) is 8.84. The zero-order valence-electron chi connectivity index (χ0n) is 20.3. The summed E-state index contributed by atoms with van der Waals surface area (Å²) in [5, 5.41) is 12.5. The molecule has 1 aromatic carbocycles. The minimum atomic E-state index is -1.09. The van der Waals surface area contributed by atoms with Crippen molar-refractivity contribution in [2.75, 3.05) is 6.54 Å². The van der Waals surface area contributed by atoms with Crippen molar-refractivity contribution in [3.63, 3.8) is 0 Å². The van der Waals surface area contributed by atoms with Gasteiger partial charge in [-0.2, -0.15) is 0 Å². The van der Waals surface area contributed by atoms with E-state index in [0.29, 0.717) is 5.56 Å². The minimum absolute atomic E-state index is 0.0450. The van der Waals surface area contributed by atoms with Crippen molar-refractivity contribution in [3.05, 3.63) is 23.8 Å². The summed E-state index contributed by atoms with van der Waals surface area (Å²) in [6.07, 6.45) is -0.452. The number of aliphatic carboxylic acids is 1. The molecule has 0 aliphatic rings. The fraction of sp³-hybridized carbons (Fsp3) is 0.583. The van der Waals surface area contributed by atoms with Crippen LogP contribution < -0.4 is 14.8 Å². The fourth-order valence-corrected chi connectivity index (χ4v) is 2.46. The number of hydrogen-bond donors (Lipinski definition) is 2. The molecule has 9 nitrogen and oxygen atoms in total. The van der Waals surface area contributed by atoms with Crippen LogP contribution in [0.2, 0.25) is 0 Å². The molecule has 0 spiro atoms. The number of benzene rings is 1. The molecule has 9 heteroatoms. The average Bonchev–Trinajstić information content (AvgIpc) is 2.71. The SMILES string of the molecule is CC(CN[C@@H](Cc1ccc(OC(=O)C(C)C)c(OC(=O)C(C)C)c1)C(=O)O)OC(=O)C(C)C. The first-order valence-corrected chi connectivity index (χ1v) is 11.0. The maximum absolute atomic E-state index is 12.1. The van der Waals surface area contributed by atoms with Crippen molar-refractivity contribution in [3.8, 4) is 11.5 Å². The van der Waals surface area contributed by atoms with E-state index < -0.39 is 36.0 Å². The molecule has 0 radical (unpaired) electrons. The Morgan fingerprint density at radius 3 is 1.82 bits per heavy atom. The monoisotopic (exact) mass is 465 g/mol. The summed E-state index contributed by atoms with van der Waals surface area (Å²) < 4.78 is 16.0. The Balaban J connectivity index is 3.01. The van der Waals surface area contributed by atoms with Crippen LogP contribution in [0.25, 0.3) is 0 Å². The van der Waals surface area contributed by atoms with Gasteiger partial charge in [0.1, 0.15) is 12.1 Å². The zero-order chi connectivity index (χ0) is 25.3. The summed E-state index contributed by atoms with van der Waals surface area (Å²) in [5.41, 5.74) is 0.553. The highest BCUT2D eigenvalue weighted by atomic mass is 16.6. The van der Waals surface area contributed by atoms with E-state index in [9.17, 15) is 24.3 Å². The third kappa shape index (κ3) is 9.61. The smallest absolute Gasteiger partial charge is 0.321 e. The number of hydrogen-bond acceptors (Lipinski definition) is 8. The molecule has 1 aromatic rings. The van der Waals surface area contributed by atoms with Crippen LogP contribution in [0.1, 0.15) is 54.0 Å². The third-order valence-corrected chi connectivity index (χ3v) is 4.55. The molecule has 2 N–H and O–H groups in total. The molecule has 0 saturated carbocycles. The molecule has 0 heterocycles. The molecule has 0 saturated heterocycles. The Labute approximate surface area is 194 Å². The quantitative estimate of drug-likeness (QED) is 0.353. The van der Waals surface area contributed by atoms with Crippen LogP contribution in [0.15, 0.2) is 18.2 Å². The van der Waals surface area contributed by atoms with Gasteiger partial charge in [-0.15, -0.1) is 0 Å². The van der Waals surface area contributed by atoms with Crippen molar-refractivity contribution < 1.29 is 38.5 Å². The standard InChI is InChI=1S/C24H35NO8/c1-13(2)22(28)31-16(7)12-25-18(21(26)27)10-17-8-9-19(32-23(29)14(3)4)20(11-17)33-24(30)15(5)6/h8-9,11,13-16,18,25H,10,12H2,1-7H3,(H,26,27)/t16?,18-/m0/s1. The van der Waals surface area contributed by atoms with Crippen molar-refractivity contribution in [2.45, 2.75) is 67.0 Å². The van der Waals surface area contributed by atoms with Crippen LogP contribution in [-0.4, -0.2) is 47.7 Å². The molecule has 2 atom stereocenters. The summed E-state index contributed by atoms with van der Waals surface area (Å²) in [6, 6.07) is 3.59. The summed E-state index contributed by atoms with van der Waals surface area (Å²) in [5.74, 6) is -3.39. The van der Waals surface area contributed by atoms with Gasteiger partial charge >= 0.3 is 23.9 Å². The molecule has 33 heavy (non-hydrogen) atoms. The van der Waals surface area contributed by atoms with Crippen molar-refractivity contribution in [1.82, 2.24) is 5.32 Å². The van der Waals surface area contributed by atoms with E-state index >= 15 is 0 Å². The predicted molar refractivity (Wildman–Crippen MR) is 121 cm³/mol. The van der Waals surface area contributed by atoms with Crippen molar-refractivity contribution >= 4 is 23.9 Å². The largest absolute Gasteiger partial charge is 0.480 e. The van der Waals surface area contributed by atoms with E-state index in [1.165, 1.54) is 12.1 Å². The highest BCUT2D eigenvalue weighted by Crippen LogP contribution is 2.30. The number of carbonyl (C=O) groups is 4. The topological polar surface area (TPSA) is 128 Å². The van der Waals surface area contributed by atoms with Gasteiger partial charge in [-0.1, -0.05) is 47.6 Å². The van der Waals surface area contributed by atoms with Crippen LogP contribution >= 0.6 is 0 Å². The van der Waals surface area contributed by atoms with Gasteiger partial charge in [0.05, 0.1) is 17.8 Å². The Morgan fingerprint density at radius 1 is 0.818 bits per heavy atom. The predicted octanol–water partition coefficient (Wildman–Crippen LogP) is 2.98. The van der Waals surface area contributed by atoms with Crippen LogP contribution in [0.5, 0.6) is 11.5 Å². The molecule has 0 aliphatic heterocycles. The summed E-state index contributed by atoms with van der Waals surface area (Å²) >= 11 is 0. The lowest BCUT2D eigenvalue weighted by Crippen LogP contribution is -2.43. The molecule has 0 bridgehead atoms. The number of ether oxygens (including phenoxy) is 3. The van der Waals surface area contributed by atoms with Gasteiger partial charge in [-0.05, 0) is 31.0 Å². The van der Waals surface area contributed by atoms with Crippen LogP contribution in [0, 0.1) is 17.8 Å². The molecule has 0 fully saturated rings. The zero-order valence-corrected chi connectivity index (χ0v) is 20.3. The molecule has 1 rings (SSSR count). The normalized spacial score (nSPS) is 13.0. The summed E-state index contributed by atoms with van der Waals surface area (Å²) in [6.45, 7) is 12.0. The van der Waals surface area contributed by atoms with E-state index in [1.807, 2.05) is 0 Å². The average molecular weight is 466 g/mol. The van der Waals surface area contributed by atoms with E-state index in [-0.39, 0.29) is 42.3 Å². The highest BCUT2D eigenvalue weighted by molar-refractivity contribution is 5.78. The van der Waals surface area contributed by atoms with Crippen molar-refractivity contribution in [2.24, 2.45) is 17.8 Å². The first kappa shape index (κ1) is 28.1. The number of esters is 3. The van der Waals surface area contributed by atoms with Gasteiger partial charge < -0.3 is 24.6 Å². The number of nitrogens with one attached hydrogen (secondary N) is 1. The molecule has 0 aromatic heterocycles. The fourth-order valence-electron chi connectivity index (χ4n) is 2.46. The number of carbonyl (C=O) groups excluding carboxylic acids is 3. The highest BCUT2D eigenvalue weighted by Gasteiger charge is 2.23. The van der Waals surface area contributed by atoms with E-state index in [1.54, 1.807) is 54.5 Å². The van der Waals surface area contributed by atoms with Crippen molar-refractivity contribution in [1.29, 1.82) is 0 Å². The first-order chi connectivity index (χ1) is 15.3. The van der Waals surface area contributed by atoms with E-state index in [0.717, 1.165) is 0 Å². The number of carboxylic acids is 1. The van der Waals surface area contributed by atoms with Gasteiger partial charge in [0, 0.05) is 6.54 Å². The number of rotatable bonds is 12. The lowest BCUT2D eigenvalue weighted by Gasteiger charge is -2.20. The van der Waals surface area contributed by atoms with Gasteiger partial charge in [-0.3, -0.25) is 19.2 Å². The van der Waals surface area contributed by atoms with Gasteiger partial charge in [0.2, 0.25) is 0 Å². The molecular weight excluding hydrogens is 430 g/mol. The second-order valence-electron chi connectivity index (χ2n) is 8.84. The molecular formula is C24H35NO8. The summed E-state index contributed by atoms with van der Waals surface area (Å²) in [7, 11) is 0. The van der Waals surface area contributed by atoms with Gasteiger partial charge in [0.15, 0.2) is 11.5 Å². The van der Waals surface area contributed by atoms with Gasteiger partial charge in [0.25, 0.3) is 0 Å². The van der Waals surface area contributed by atoms with Crippen LogP contribution in [0.3, 0.4) is 0 Å². The van der Waals surface area contributed by atoms with E-state index in [2.05, 4.69) is 5.32 Å². The first-order valence-electron chi connectivity index (χ1n) is 11.0. The lowest BCUT2D eigenvalue weighted by molar-refractivity contribution is -0.152. The maximum Gasteiger partial charge on any atom is 0.321 e. The van der Waals surface area contributed by atoms with E-state index in [4.69, 9.17) is 14.2 Å². The minimum Gasteiger partial charge on any atom is -0.480 e. The summed E-state index contributed by atoms with van der Waals surface area (Å²) in [4.78, 5) is 47.6. The van der Waals surface area contributed by atoms with Crippen LogP contribution in [0.4, 0.5) is 0 Å². The molecule has 184 valence electrons. The molecule has 1 unspecified atom stereocenters. The molecule has 0 aliphatic carbocycles. The second kappa shape index (κ2) is 12.9. The van der Waals surface area contributed by atoms with Crippen LogP contribution in [-0.2, 0) is 30.3 Å².